The summed E-state index contributed by atoms with van der Waals surface area (Å²) in [6, 6.07) is 8.88. The fraction of sp³-hybridized carbons (Fsp3) is 0.462. The van der Waals surface area contributed by atoms with Crippen LogP contribution in [-0.4, -0.2) is 62.6 Å². The monoisotopic (exact) mass is 475 g/mol. The van der Waals surface area contributed by atoms with Crippen molar-refractivity contribution in [3.05, 3.63) is 70.5 Å². The van der Waals surface area contributed by atoms with Crippen molar-refractivity contribution in [2.75, 3.05) is 26.2 Å². The van der Waals surface area contributed by atoms with Crippen molar-refractivity contribution in [1.29, 1.82) is 0 Å². The molecule has 1 fully saturated rings. The van der Waals surface area contributed by atoms with Crippen LogP contribution >= 0.6 is 0 Å². The molecule has 1 aromatic heterocycles. The van der Waals surface area contributed by atoms with E-state index in [-0.39, 0.29) is 29.9 Å². The molecular formula is C26H30FN7O. The van der Waals surface area contributed by atoms with E-state index in [1.807, 2.05) is 4.68 Å². The predicted octanol–water partition coefficient (Wildman–Crippen LogP) is 3.07. The first-order valence-electron chi connectivity index (χ1n) is 12.5. The van der Waals surface area contributed by atoms with Crippen LogP contribution in [0.3, 0.4) is 0 Å². The molecule has 3 aliphatic heterocycles. The Kier molecular flexibility index (Phi) is 5.82. The van der Waals surface area contributed by atoms with Crippen molar-refractivity contribution < 1.29 is 9.28 Å². The number of halogens is 1. The van der Waals surface area contributed by atoms with Gasteiger partial charge >= 0.3 is 0 Å². The molecule has 0 bridgehead atoms. The first-order chi connectivity index (χ1) is 17.1. The SMILES string of the molecule is CCCn1ncnc1C1C2=NCC(=O)C=C3C2=C(CNN3F)CC1c1ccc(CN2CCC2)cc1. The first kappa shape index (κ1) is 22.3. The van der Waals surface area contributed by atoms with Crippen LogP contribution < -0.4 is 5.43 Å². The number of carbonyl (C=O) groups excluding carboxylic acids is 1. The average molecular weight is 476 g/mol. The van der Waals surface area contributed by atoms with Gasteiger partial charge in [0.25, 0.3) is 0 Å². The van der Waals surface area contributed by atoms with Crippen LogP contribution in [0.1, 0.15) is 55.0 Å². The second kappa shape index (κ2) is 9.13. The Morgan fingerprint density at radius 2 is 2.03 bits per heavy atom. The molecule has 2 aromatic rings. The number of nitrogens with zero attached hydrogens (tertiary/aromatic N) is 6. The standard InChI is InChI=1S/C26H30FN7O/c1-2-8-33-26(29-16-31-33)24-21(18-6-4-17(5-7-18)15-32-9-3-10-32)11-19-13-30-34(27)22-12-20(35)14-28-25(24)23(19)22/h4-7,12,16,21,24,30H,2-3,8-11,13-15H2,1H3. The van der Waals surface area contributed by atoms with Gasteiger partial charge in [-0.05, 0) is 49.1 Å². The Bertz CT molecular complexity index is 1220. The fourth-order valence-corrected chi connectivity index (χ4v) is 5.68. The Balaban J connectivity index is 1.45. The molecule has 1 saturated heterocycles. The molecule has 0 saturated carbocycles. The molecule has 8 nitrogen and oxygen atoms in total. The number of aryl methyl sites for hydroxylation is 1. The lowest BCUT2D eigenvalue weighted by Crippen LogP contribution is -2.43. The maximum atomic E-state index is 14.8. The molecule has 4 heterocycles. The zero-order valence-electron chi connectivity index (χ0n) is 20.0. The summed E-state index contributed by atoms with van der Waals surface area (Å²) in [5, 5.41) is 4.95. The molecule has 0 spiro atoms. The van der Waals surface area contributed by atoms with Crippen molar-refractivity contribution in [3.63, 3.8) is 0 Å². The minimum Gasteiger partial charge on any atom is -0.299 e. The van der Waals surface area contributed by atoms with Gasteiger partial charge in [-0.2, -0.15) is 5.10 Å². The van der Waals surface area contributed by atoms with Gasteiger partial charge in [0.1, 0.15) is 24.4 Å². The largest absolute Gasteiger partial charge is 0.299 e. The van der Waals surface area contributed by atoms with Gasteiger partial charge in [-0.1, -0.05) is 35.7 Å². The normalized spacial score (nSPS) is 24.5. The molecule has 2 atom stereocenters. The highest BCUT2D eigenvalue weighted by molar-refractivity contribution is 6.13. The third kappa shape index (κ3) is 4.02. The highest BCUT2D eigenvalue weighted by Gasteiger charge is 2.44. The molecule has 0 radical (unpaired) electrons. The summed E-state index contributed by atoms with van der Waals surface area (Å²) in [6.45, 7) is 6.56. The van der Waals surface area contributed by atoms with E-state index in [4.69, 9.17) is 4.99 Å². The number of hydrogen-bond acceptors (Lipinski definition) is 7. The smallest absolute Gasteiger partial charge is 0.179 e. The van der Waals surface area contributed by atoms with Gasteiger partial charge in [0.2, 0.25) is 0 Å². The second-order valence-corrected chi connectivity index (χ2v) is 9.79. The Morgan fingerprint density at radius 3 is 2.77 bits per heavy atom. The van der Waals surface area contributed by atoms with Gasteiger partial charge in [0, 0.05) is 37.2 Å². The lowest BCUT2D eigenvalue weighted by atomic mass is 9.69. The summed E-state index contributed by atoms with van der Waals surface area (Å²) >= 11 is 0. The van der Waals surface area contributed by atoms with E-state index < -0.39 is 0 Å². The van der Waals surface area contributed by atoms with Gasteiger partial charge < -0.3 is 0 Å². The average Bonchev–Trinajstić information content (AvgIpc) is 3.21. The third-order valence-corrected chi connectivity index (χ3v) is 7.50. The summed E-state index contributed by atoms with van der Waals surface area (Å²) in [6.07, 6.45) is 5.89. The maximum absolute atomic E-state index is 14.8. The number of hydrogen-bond donors (Lipinski definition) is 1. The molecule has 9 heteroatoms. The van der Waals surface area contributed by atoms with E-state index in [1.165, 1.54) is 36.7 Å². The lowest BCUT2D eigenvalue weighted by Gasteiger charge is -2.39. The first-order valence-corrected chi connectivity index (χ1v) is 12.5. The van der Waals surface area contributed by atoms with Gasteiger partial charge in [0.15, 0.2) is 5.78 Å². The second-order valence-electron chi connectivity index (χ2n) is 9.79. The summed E-state index contributed by atoms with van der Waals surface area (Å²) in [5.74, 6) is 0.461. The van der Waals surface area contributed by atoms with E-state index in [1.54, 1.807) is 6.33 Å². The molecule has 1 aliphatic carbocycles. The number of allylic oxidation sites excluding steroid dienone is 1. The molecular weight excluding hydrogens is 445 g/mol. The Morgan fingerprint density at radius 1 is 1.20 bits per heavy atom. The Labute approximate surface area is 204 Å². The van der Waals surface area contributed by atoms with Crippen LogP contribution in [0.5, 0.6) is 0 Å². The number of likely N-dealkylation sites (tertiary alicyclic amines) is 1. The van der Waals surface area contributed by atoms with Crippen molar-refractivity contribution >= 4 is 11.5 Å². The van der Waals surface area contributed by atoms with Crippen molar-refractivity contribution in [2.45, 2.75) is 51.1 Å². The highest BCUT2D eigenvalue weighted by atomic mass is 19.2. The molecule has 2 unspecified atom stereocenters. The van der Waals surface area contributed by atoms with Gasteiger partial charge in [-0.15, -0.1) is 5.23 Å². The minimum absolute atomic E-state index is 0.00333. The molecule has 35 heavy (non-hydrogen) atoms. The molecule has 4 aliphatic rings. The number of aliphatic imine (C=N–C) groups is 1. The topological polar surface area (TPSA) is 78.6 Å². The van der Waals surface area contributed by atoms with Crippen LogP contribution in [0.2, 0.25) is 0 Å². The van der Waals surface area contributed by atoms with Crippen molar-refractivity contribution in [3.8, 4) is 0 Å². The van der Waals surface area contributed by atoms with E-state index in [9.17, 15) is 9.28 Å². The van der Waals surface area contributed by atoms with Gasteiger partial charge in [-0.25, -0.2) is 15.1 Å². The minimum atomic E-state index is -0.218. The molecule has 0 amide bonds. The van der Waals surface area contributed by atoms with E-state index in [0.717, 1.165) is 48.6 Å². The predicted molar refractivity (Wildman–Crippen MR) is 130 cm³/mol. The van der Waals surface area contributed by atoms with Crippen molar-refractivity contribution in [2.24, 2.45) is 4.99 Å². The van der Waals surface area contributed by atoms with Gasteiger partial charge in [-0.3, -0.25) is 14.7 Å². The number of ketones is 1. The summed E-state index contributed by atoms with van der Waals surface area (Å²) in [4.78, 5) is 24.4. The zero-order valence-corrected chi connectivity index (χ0v) is 20.0. The number of aromatic nitrogens is 3. The maximum Gasteiger partial charge on any atom is 0.179 e. The number of nitrogens with one attached hydrogen (secondary N) is 1. The van der Waals surface area contributed by atoms with Crippen molar-refractivity contribution in [1.82, 2.24) is 30.3 Å². The van der Waals surface area contributed by atoms with Crippen LogP contribution in [0, 0.1) is 0 Å². The van der Waals surface area contributed by atoms with Crippen LogP contribution in [0.25, 0.3) is 0 Å². The number of carbonyl (C=O) groups is 1. The van der Waals surface area contributed by atoms with E-state index in [0.29, 0.717) is 11.8 Å². The summed E-state index contributed by atoms with van der Waals surface area (Å²) in [5.41, 5.74) is 8.11. The van der Waals surface area contributed by atoms with Crippen LogP contribution in [0.15, 0.2) is 58.5 Å². The Hall–Kier alpha value is -3.17. The molecule has 1 N–H and O–H groups in total. The molecule has 182 valence electrons. The quantitative estimate of drug-likeness (QED) is 0.647. The van der Waals surface area contributed by atoms with Crippen LogP contribution in [0.4, 0.5) is 4.48 Å². The molecule has 6 rings (SSSR count). The van der Waals surface area contributed by atoms with Gasteiger partial charge in [0.05, 0.1) is 11.6 Å². The molecule has 1 aromatic carbocycles. The zero-order chi connectivity index (χ0) is 23.9. The summed E-state index contributed by atoms with van der Waals surface area (Å²) in [7, 11) is 0. The number of rotatable bonds is 6. The summed E-state index contributed by atoms with van der Waals surface area (Å²) < 4.78 is 16.8. The van der Waals surface area contributed by atoms with Crippen LogP contribution in [-0.2, 0) is 17.9 Å². The number of benzene rings is 1. The highest BCUT2D eigenvalue weighted by Crippen LogP contribution is 2.47. The lowest BCUT2D eigenvalue weighted by molar-refractivity contribution is -0.113. The fourth-order valence-electron chi connectivity index (χ4n) is 5.68. The van der Waals surface area contributed by atoms with E-state index >= 15 is 0 Å². The van der Waals surface area contributed by atoms with E-state index in [2.05, 4.69) is 51.6 Å². The third-order valence-electron chi connectivity index (χ3n) is 7.50. The number of hydrazine groups is 1.